The van der Waals surface area contributed by atoms with E-state index in [1.807, 2.05) is 0 Å². The van der Waals surface area contributed by atoms with Crippen molar-refractivity contribution in [3.8, 4) is 12.3 Å². The number of nitrogens with zero attached hydrogens (tertiary/aromatic N) is 1. The second-order valence-corrected chi connectivity index (χ2v) is 5.20. The average Bonchev–Trinajstić information content (AvgIpc) is 2.92. The fourth-order valence-electron chi connectivity index (χ4n) is 2.62. The van der Waals surface area contributed by atoms with E-state index in [1.54, 1.807) is 0 Å². The summed E-state index contributed by atoms with van der Waals surface area (Å²) in [6.45, 7) is 3.13. The first kappa shape index (κ1) is 11.0. The minimum atomic E-state index is 0.421. The summed E-state index contributed by atoms with van der Waals surface area (Å²) in [4.78, 5) is 2.44. The van der Waals surface area contributed by atoms with Gasteiger partial charge in [-0.05, 0) is 37.5 Å². The molecule has 2 atom stereocenters. The average molecular weight is 206 g/mol. The molecule has 0 spiro atoms. The molecule has 0 amide bonds. The van der Waals surface area contributed by atoms with Crippen molar-refractivity contribution in [1.29, 1.82) is 0 Å². The molecule has 2 heteroatoms. The Bertz CT molecular complexity index is 239. The van der Waals surface area contributed by atoms with Crippen LogP contribution in [-0.4, -0.2) is 30.6 Å². The van der Waals surface area contributed by atoms with E-state index in [-0.39, 0.29) is 0 Å². The van der Waals surface area contributed by atoms with Gasteiger partial charge < -0.3 is 5.73 Å². The smallest absolute Gasteiger partial charge is 0.0599 e. The third-order valence-electron chi connectivity index (χ3n) is 3.74. The third-order valence-corrected chi connectivity index (χ3v) is 3.74. The van der Waals surface area contributed by atoms with Crippen molar-refractivity contribution < 1.29 is 0 Å². The fourth-order valence-corrected chi connectivity index (χ4v) is 2.62. The molecule has 2 unspecified atom stereocenters. The summed E-state index contributed by atoms with van der Waals surface area (Å²) in [7, 11) is 0. The zero-order valence-electron chi connectivity index (χ0n) is 9.49. The molecular weight excluding hydrogens is 184 g/mol. The molecule has 0 heterocycles. The Labute approximate surface area is 93.2 Å². The highest BCUT2D eigenvalue weighted by atomic mass is 15.1. The topological polar surface area (TPSA) is 29.3 Å². The Balaban J connectivity index is 1.79. The van der Waals surface area contributed by atoms with Gasteiger partial charge in [-0.3, -0.25) is 4.90 Å². The van der Waals surface area contributed by atoms with E-state index < -0.39 is 0 Å². The van der Waals surface area contributed by atoms with E-state index in [2.05, 4.69) is 10.8 Å². The van der Waals surface area contributed by atoms with Gasteiger partial charge >= 0.3 is 0 Å². The Morgan fingerprint density at radius 3 is 2.53 bits per heavy atom. The van der Waals surface area contributed by atoms with Crippen LogP contribution in [0.4, 0.5) is 0 Å². The predicted molar refractivity (Wildman–Crippen MR) is 63.3 cm³/mol. The van der Waals surface area contributed by atoms with Gasteiger partial charge in [0.2, 0.25) is 0 Å². The van der Waals surface area contributed by atoms with Crippen molar-refractivity contribution in [3.05, 3.63) is 0 Å². The zero-order chi connectivity index (χ0) is 10.7. The molecule has 2 aliphatic rings. The Kier molecular flexibility index (Phi) is 3.66. The van der Waals surface area contributed by atoms with E-state index in [9.17, 15) is 0 Å². The quantitative estimate of drug-likeness (QED) is 0.690. The molecule has 0 saturated heterocycles. The van der Waals surface area contributed by atoms with Crippen LogP contribution in [0.1, 0.15) is 32.1 Å². The summed E-state index contributed by atoms with van der Waals surface area (Å²) in [5, 5.41) is 0. The molecule has 2 aliphatic carbocycles. The number of nitrogens with two attached hydrogens (primary N) is 1. The summed E-state index contributed by atoms with van der Waals surface area (Å²) in [5.74, 6) is 4.39. The number of hydrogen-bond donors (Lipinski definition) is 1. The summed E-state index contributed by atoms with van der Waals surface area (Å²) >= 11 is 0. The molecule has 84 valence electrons. The van der Waals surface area contributed by atoms with E-state index in [0.717, 1.165) is 19.0 Å². The van der Waals surface area contributed by atoms with Crippen LogP contribution in [0.3, 0.4) is 0 Å². The van der Waals surface area contributed by atoms with Gasteiger partial charge in [-0.1, -0.05) is 12.3 Å². The van der Waals surface area contributed by atoms with Gasteiger partial charge in [-0.15, -0.1) is 6.42 Å². The van der Waals surface area contributed by atoms with Gasteiger partial charge in [0.05, 0.1) is 6.54 Å². The Hall–Kier alpha value is -0.520. The lowest BCUT2D eigenvalue weighted by molar-refractivity contribution is 0.238. The highest BCUT2D eigenvalue weighted by Gasteiger charge is 2.29. The molecule has 15 heavy (non-hydrogen) atoms. The van der Waals surface area contributed by atoms with E-state index >= 15 is 0 Å². The Morgan fingerprint density at radius 1 is 1.20 bits per heavy atom. The monoisotopic (exact) mass is 206 g/mol. The molecule has 2 N–H and O–H groups in total. The van der Waals surface area contributed by atoms with Gasteiger partial charge in [0.15, 0.2) is 0 Å². The number of hydrogen-bond acceptors (Lipinski definition) is 2. The third kappa shape index (κ3) is 3.22. The molecule has 0 aromatic rings. The maximum absolute atomic E-state index is 6.09. The number of terminal acetylenes is 1. The van der Waals surface area contributed by atoms with Crippen LogP contribution < -0.4 is 5.73 Å². The first-order valence-electron chi connectivity index (χ1n) is 6.21. The van der Waals surface area contributed by atoms with Crippen LogP contribution in [0, 0.1) is 24.2 Å². The van der Waals surface area contributed by atoms with Gasteiger partial charge in [0.25, 0.3) is 0 Å². The standard InChI is InChI=1S/C13H22N2/c1-2-8-15(9-11-6-7-11)10-12-4-3-5-13(12)14/h1,11-13H,3-10,14H2. The zero-order valence-corrected chi connectivity index (χ0v) is 9.49. The first-order valence-corrected chi connectivity index (χ1v) is 6.21. The van der Waals surface area contributed by atoms with Gasteiger partial charge in [0, 0.05) is 19.1 Å². The van der Waals surface area contributed by atoms with Crippen LogP contribution in [0.5, 0.6) is 0 Å². The maximum Gasteiger partial charge on any atom is 0.0599 e. The predicted octanol–water partition coefficient (Wildman–Crippen LogP) is 1.46. The summed E-state index contributed by atoms with van der Waals surface area (Å²) in [6, 6.07) is 0.421. The maximum atomic E-state index is 6.09. The minimum absolute atomic E-state index is 0.421. The van der Waals surface area contributed by atoms with E-state index in [0.29, 0.717) is 12.0 Å². The van der Waals surface area contributed by atoms with Crippen LogP contribution >= 0.6 is 0 Å². The highest BCUT2D eigenvalue weighted by Crippen LogP contribution is 2.31. The molecule has 2 fully saturated rings. The molecular formula is C13H22N2. The van der Waals surface area contributed by atoms with E-state index in [4.69, 9.17) is 12.2 Å². The molecule has 0 radical (unpaired) electrons. The fraction of sp³-hybridized carbons (Fsp3) is 0.846. The molecule has 0 bridgehead atoms. The van der Waals surface area contributed by atoms with Crippen molar-refractivity contribution in [2.75, 3.05) is 19.6 Å². The second-order valence-electron chi connectivity index (χ2n) is 5.20. The molecule has 0 aliphatic heterocycles. The van der Waals surface area contributed by atoms with Crippen LogP contribution in [0.25, 0.3) is 0 Å². The summed E-state index contributed by atoms with van der Waals surface area (Å²) < 4.78 is 0. The normalized spacial score (nSPS) is 30.7. The van der Waals surface area contributed by atoms with Gasteiger partial charge in [-0.25, -0.2) is 0 Å². The summed E-state index contributed by atoms with van der Waals surface area (Å²) in [5.41, 5.74) is 6.09. The Morgan fingerprint density at radius 2 is 2.00 bits per heavy atom. The lowest BCUT2D eigenvalue weighted by Gasteiger charge is -2.25. The second kappa shape index (κ2) is 5.01. The molecule has 2 nitrogen and oxygen atoms in total. The number of rotatable bonds is 5. The van der Waals surface area contributed by atoms with Crippen LogP contribution in [-0.2, 0) is 0 Å². The van der Waals surface area contributed by atoms with Crippen molar-refractivity contribution in [2.45, 2.75) is 38.1 Å². The largest absolute Gasteiger partial charge is 0.327 e. The lowest BCUT2D eigenvalue weighted by Crippen LogP contribution is -2.37. The molecule has 2 rings (SSSR count). The van der Waals surface area contributed by atoms with Gasteiger partial charge in [-0.2, -0.15) is 0 Å². The van der Waals surface area contributed by atoms with Crippen molar-refractivity contribution in [2.24, 2.45) is 17.6 Å². The van der Waals surface area contributed by atoms with Crippen molar-refractivity contribution in [1.82, 2.24) is 4.90 Å². The summed E-state index contributed by atoms with van der Waals surface area (Å²) in [6.07, 6.45) is 12.0. The van der Waals surface area contributed by atoms with Crippen LogP contribution in [0.15, 0.2) is 0 Å². The highest BCUT2D eigenvalue weighted by molar-refractivity contribution is 4.92. The molecule has 0 aromatic heterocycles. The lowest BCUT2D eigenvalue weighted by atomic mass is 10.0. The minimum Gasteiger partial charge on any atom is -0.327 e. The van der Waals surface area contributed by atoms with Crippen molar-refractivity contribution in [3.63, 3.8) is 0 Å². The SMILES string of the molecule is C#CCN(CC1CC1)CC1CCCC1N. The van der Waals surface area contributed by atoms with Crippen LogP contribution in [0.2, 0.25) is 0 Å². The molecule has 2 saturated carbocycles. The van der Waals surface area contributed by atoms with Gasteiger partial charge in [0.1, 0.15) is 0 Å². The van der Waals surface area contributed by atoms with E-state index in [1.165, 1.54) is 38.6 Å². The van der Waals surface area contributed by atoms with Crippen molar-refractivity contribution >= 4 is 0 Å². The first-order chi connectivity index (χ1) is 7.29. The molecule has 0 aromatic carbocycles.